The Labute approximate surface area is 115 Å². The summed E-state index contributed by atoms with van der Waals surface area (Å²) in [6.07, 6.45) is 1.58. The van der Waals surface area contributed by atoms with Crippen molar-refractivity contribution in [3.63, 3.8) is 0 Å². The Morgan fingerprint density at radius 3 is 2.90 bits per heavy atom. The van der Waals surface area contributed by atoms with E-state index in [9.17, 15) is 9.59 Å². The van der Waals surface area contributed by atoms with Crippen LogP contribution in [0.15, 0.2) is 23.1 Å². The lowest BCUT2D eigenvalue weighted by Gasteiger charge is -2.08. The molecule has 0 saturated carbocycles. The topological polar surface area (TPSA) is 81.4 Å². The molecule has 0 aliphatic carbocycles. The van der Waals surface area contributed by atoms with Crippen LogP contribution in [0, 0.1) is 6.92 Å². The van der Waals surface area contributed by atoms with E-state index in [1.165, 1.54) is 10.6 Å². The van der Waals surface area contributed by atoms with Crippen molar-refractivity contribution >= 4 is 16.9 Å². The highest BCUT2D eigenvalue weighted by atomic mass is 16.5. The van der Waals surface area contributed by atoms with Crippen LogP contribution in [0.4, 0.5) is 0 Å². The molecule has 0 saturated heterocycles. The molecule has 0 radical (unpaired) electrons. The van der Waals surface area contributed by atoms with Crippen LogP contribution in [-0.4, -0.2) is 33.8 Å². The lowest BCUT2D eigenvalue weighted by Crippen LogP contribution is -2.22. The summed E-state index contributed by atoms with van der Waals surface area (Å²) in [6.45, 7) is 3.76. The van der Waals surface area contributed by atoms with Crippen LogP contribution in [0.5, 0.6) is 0 Å². The number of rotatable bonds is 4. The van der Waals surface area contributed by atoms with Gasteiger partial charge in [0.05, 0.1) is 35.4 Å². The smallest absolute Gasteiger partial charge is 0.339 e. The van der Waals surface area contributed by atoms with E-state index in [4.69, 9.17) is 9.84 Å². The number of hydrogen-bond donors (Lipinski definition) is 1. The maximum absolute atomic E-state index is 12.2. The molecule has 0 aromatic carbocycles. The van der Waals surface area contributed by atoms with Gasteiger partial charge in [0.15, 0.2) is 0 Å². The number of fused-ring (bicyclic) bond motifs is 1. The van der Waals surface area contributed by atoms with Gasteiger partial charge in [-0.3, -0.25) is 9.78 Å². The van der Waals surface area contributed by atoms with Crippen LogP contribution in [-0.2, 0) is 11.3 Å². The summed E-state index contributed by atoms with van der Waals surface area (Å²) in [5, 5.41) is 9.27. The molecule has 1 N–H and O–H groups in total. The molecule has 0 atom stereocenters. The van der Waals surface area contributed by atoms with Crippen molar-refractivity contribution in [1.29, 1.82) is 0 Å². The fourth-order valence-corrected chi connectivity index (χ4v) is 2.00. The standard InChI is InChI=1S/C14H16N2O4/c1-3-20-14(19)10-8-11-12(15-9(10)2)4-5-16(6-7-17)13(11)18/h4-5,8,17H,3,6-7H2,1-2H3. The van der Waals surface area contributed by atoms with Crippen molar-refractivity contribution in [3.05, 3.63) is 39.9 Å². The van der Waals surface area contributed by atoms with Crippen LogP contribution in [0.25, 0.3) is 10.9 Å². The molecule has 0 bridgehead atoms. The van der Waals surface area contributed by atoms with E-state index >= 15 is 0 Å². The van der Waals surface area contributed by atoms with Crippen LogP contribution in [0.3, 0.4) is 0 Å². The highest BCUT2D eigenvalue weighted by Crippen LogP contribution is 2.14. The highest BCUT2D eigenvalue weighted by Gasteiger charge is 2.14. The number of carbonyl (C=O) groups is 1. The average Bonchev–Trinajstić information content (AvgIpc) is 2.42. The second-order valence-corrected chi connectivity index (χ2v) is 4.31. The van der Waals surface area contributed by atoms with Gasteiger partial charge >= 0.3 is 5.97 Å². The van der Waals surface area contributed by atoms with Gasteiger partial charge in [0.1, 0.15) is 0 Å². The van der Waals surface area contributed by atoms with Crippen molar-refractivity contribution in [2.75, 3.05) is 13.2 Å². The summed E-state index contributed by atoms with van der Waals surface area (Å²) < 4.78 is 6.33. The molecule has 106 valence electrons. The summed E-state index contributed by atoms with van der Waals surface area (Å²) in [7, 11) is 0. The Hall–Kier alpha value is -2.21. The Morgan fingerprint density at radius 1 is 1.50 bits per heavy atom. The molecule has 6 nitrogen and oxygen atoms in total. The normalized spacial score (nSPS) is 10.8. The largest absolute Gasteiger partial charge is 0.462 e. The van der Waals surface area contributed by atoms with E-state index in [2.05, 4.69) is 4.98 Å². The molecule has 0 aliphatic heterocycles. The van der Waals surface area contributed by atoms with Gasteiger partial charge in [-0.05, 0) is 26.0 Å². The van der Waals surface area contributed by atoms with E-state index in [0.29, 0.717) is 16.6 Å². The molecule has 0 spiro atoms. The maximum Gasteiger partial charge on any atom is 0.339 e. The first-order valence-corrected chi connectivity index (χ1v) is 6.37. The zero-order chi connectivity index (χ0) is 14.7. The molecule has 0 amide bonds. The quantitative estimate of drug-likeness (QED) is 0.838. The van der Waals surface area contributed by atoms with Crippen LogP contribution in [0.2, 0.25) is 0 Å². The van der Waals surface area contributed by atoms with Crippen molar-refractivity contribution in [2.24, 2.45) is 0 Å². The predicted molar refractivity (Wildman–Crippen MR) is 73.8 cm³/mol. The monoisotopic (exact) mass is 276 g/mol. The van der Waals surface area contributed by atoms with Gasteiger partial charge in [0, 0.05) is 12.7 Å². The number of aliphatic hydroxyl groups is 1. The molecule has 2 aromatic rings. The van der Waals surface area contributed by atoms with Gasteiger partial charge in [-0.25, -0.2) is 4.79 Å². The van der Waals surface area contributed by atoms with E-state index in [-0.39, 0.29) is 30.9 Å². The Balaban J connectivity index is 2.63. The van der Waals surface area contributed by atoms with E-state index < -0.39 is 5.97 Å². The minimum atomic E-state index is -0.489. The number of esters is 1. The molecule has 2 heterocycles. The van der Waals surface area contributed by atoms with Gasteiger partial charge in [0.2, 0.25) is 0 Å². The van der Waals surface area contributed by atoms with Crippen molar-refractivity contribution < 1.29 is 14.6 Å². The summed E-state index contributed by atoms with van der Waals surface area (Å²) >= 11 is 0. The van der Waals surface area contributed by atoms with Gasteiger partial charge in [0.25, 0.3) is 5.56 Å². The summed E-state index contributed by atoms with van der Waals surface area (Å²) in [4.78, 5) is 28.3. The molecule has 2 rings (SSSR count). The zero-order valence-corrected chi connectivity index (χ0v) is 11.4. The summed E-state index contributed by atoms with van der Waals surface area (Å²) in [5.41, 5.74) is 1.05. The lowest BCUT2D eigenvalue weighted by molar-refractivity contribution is 0.0525. The number of aromatic nitrogens is 2. The SMILES string of the molecule is CCOC(=O)c1cc2c(=O)n(CCO)ccc2nc1C. The third-order valence-corrected chi connectivity index (χ3v) is 2.98. The number of pyridine rings is 2. The van der Waals surface area contributed by atoms with Gasteiger partial charge in [-0.1, -0.05) is 0 Å². The van der Waals surface area contributed by atoms with Gasteiger partial charge < -0.3 is 14.4 Å². The highest BCUT2D eigenvalue weighted by molar-refractivity contribution is 5.94. The Morgan fingerprint density at radius 2 is 2.25 bits per heavy atom. The van der Waals surface area contributed by atoms with Crippen molar-refractivity contribution in [3.8, 4) is 0 Å². The van der Waals surface area contributed by atoms with E-state index in [1.54, 1.807) is 26.1 Å². The second-order valence-electron chi connectivity index (χ2n) is 4.31. The Bertz CT molecular complexity index is 706. The number of aryl methyl sites for hydroxylation is 1. The lowest BCUT2D eigenvalue weighted by atomic mass is 10.1. The second kappa shape index (κ2) is 5.83. The number of aliphatic hydroxyl groups excluding tert-OH is 1. The van der Waals surface area contributed by atoms with Gasteiger partial charge in [-0.15, -0.1) is 0 Å². The van der Waals surface area contributed by atoms with Crippen LogP contribution >= 0.6 is 0 Å². The molecule has 0 aliphatic rings. The predicted octanol–water partition coefficient (Wildman–Crippen LogP) is 0.874. The number of ether oxygens (including phenoxy) is 1. The summed E-state index contributed by atoms with van der Waals surface area (Å²) in [6, 6.07) is 3.19. The fraction of sp³-hybridized carbons (Fsp3) is 0.357. The summed E-state index contributed by atoms with van der Waals surface area (Å²) in [5.74, 6) is -0.489. The fourth-order valence-electron chi connectivity index (χ4n) is 2.00. The molecule has 6 heteroatoms. The maximum atomic E-state index is 12.2. The molecule has 0 fully saturated rings. The van der Waals surface area contributed by atoms with Crippen LogP contribution < -0.4 is 5.56 Å². The minimum absolute atomic E-state index is 0.130. The Kier molecular flexibility index (Phi) is 4.14. The molecule has 2 aromatic heterocycles. The number of carbonyl (C=O) groups excluding carboxylic acids is 1. The minimum Gasteiger partial charge on any atom is -0.462 e. The first-order chi connectivity index (χ1) is 9.58. The van der Waals surface area contributed by atoms with Crippen molar-refractivity contribution in [1.82, 2.24) is 9.55 Å². The molecule has 20 heavy (non-hydrogen) atoms. The zero-order valence-electron chi connectivity index (χ0n) is 11.4. The molecule has 0 unspecified atom stereocenters. The third kappa shape index (κ3) is 2.55. The van der Waals surface area contributed by atoms with E-state index in [1.807, 2.05) is 0 Å². The van der Waals surface area contributed by atoms with Crippen LogP contribution in [0.1, 0.15) is 23.0 Å². The molecular weight excluding hydrogens is 260 g/mol. The first kappa shape index (κ1) is 14.2. The number of hydrogen-bond acceptors (Lipinski definition) is 5. The average molecular weight is 276 g/mol. The van der Waals surface area contributed by atoms with Crippen molar-refractivity contribution in [2.45, 2.75) is 20.4 Å². The first-order valence-electron chi connectivity index (χ1n) is 6.37. The number of nitrogens with zero attached hydrogens (tertiary/aromatic N) is 2. The van der Waals surface area contributed by atoms with Gasteiger partial charge in [-0.2, -0.15) is 0 Å². The third-order valence-electron chi connectivity index (χ3n) is 2.98. The van der Waals surface area contributed by atoms with E-state index in [0.717, 1.165) is 0 Å². The molecular formula is C14H16N2O4.